The van der Waals surface area contributed by atoms with E-state index in [9.17, 15) is 0 Å². The number of fused-ring (bicyclic) bond motifs is 1. The van der Waals surface area contributed by atoms with Gasteiger partial charge in [0.2, 0.25) is 0 Å². The lowest BCUT2D eigenvalue weighted by Gasteiger charge is -2.05. The number of aryl methyl sites for hydroxylation is 1. The van der Waals surface area contributed by atoms with E-state index in [1.807, 2.05) is 25.1 Å². The van der Waals surface area contributed by atoms with Gasteiger partial charge in [-0.15, -0.1) is 0 Å². The Morgan fingerprint density at radius 1 is 1.29 bits per heavy atom. The molecule has 0 aliphatic carbocycles. The lowest BCUT2D eigenvalue weighted by atomic mass is 10.1. The van der Waals surface area contributed by atoms with E-state index in [2.05, 4.69) is 4.98 Å². The first-order valence-corrected chi connectivity index (χ1v) is 4.41. The average molecular weight is 188 g/mol. The molecule has 14 heavy (non-hydrogen) atoms. The summed E-state index contributed by atoms with van der Waals surface area (Å²) in [7, 11) is 1.66. The van der Waals surface area contributed by atoms with Gasteiger partial charge in [-0.2, -0.15) is 0 Å². The smallest absolute Gasteiger partial charge is 0.124 e. The van der Waals surface area contributed by atoms with Gasteiger partial charge >= 0.3 is 0 Å². The monoisotopic (exact) mass is 188 g/mol. The van der Waals surface area contributed by atoms with Crippen LogP contribution in [0.1, 0.15) is 5.56 Å². The molecule has 1 aromatic heterocycles. The second-order valence-electron chi connectivity index (χ2n) is 3.25. The largest absolute Gasteiger partial charge is 0.497 e. The summed E-state index contributed by atoms with van der Waals surface area (Å²) in [5.74, 6) is 1.40. The molecule has 0 aliphatic heterocycles. The van der Waals surface area contributed by atoms with Crippen LogP contribution >= 0.6 is 0 Å². The number of aromatic nitrogens is 1. The van der Waals surface area contributed by atoms with Crippen LogP contribution < -0.4 is 10.5 Å². The van der Waals surface area contributed by atoms with E-state index in [0.717, 1.165) is 22.2 Å². The molecular weight excluding hydrogens is 176 g/mol. The maximum Gasteiger partial charge on any atom is 0.124 e. The molecule has 3 nitrogen and oxygen atoms in total. The van der Waals surface area contributed by atoms with Crippen molar-refractivity contribution in [2.75, 3.05) is 12.8 Å². The number of nitrogens with two attached hydrogens (primary N) is 1. The summed E-state index contributed by atoms with van der Waals surface area (Å²) in [6.07, 6.45) is 0. The zero-order chi connectivity index (χ0) is 10.1. The Morgan fingerprint density at radius 2 is 2.07 bits per heavy atom. The van der Waals surface area contributed by atoms with Gasteiger partial charge in [0.15, 0.2) is 0 Å². The Hall–Kier alpha value is -1.77. The van der Waals surface area contributed by atoms with Crippen LogP contribution in [0.15, 0.2) is 24.3 Å². The van der Waals surface area contributed by atoms with Crippen molar-refractivity contribution in [2.24, 2.45) is 0 Å². The number of nitrogen functional groups attached to an aromatic ring is 1. The van der Waals surface area contributed by atoms with Crippen molar-refractivity contribution in [3.63, 3.8) is 0 Å². The predicted octanol–water partition coefficient (Wildman–Crippen LogP) is 2.13. The Bertz CT molecular complexity index is 480. The van der Waals surface area contributed by atoms with Gasteiger partial charge in [-0.3, -0.25) is 0 Å². The SMILES string of the molecule is COc1cc(C)c2nc(N)ccc2c1. The van der Waals surface area contributed by atoms with Crippen LogP contribution in [-0.2, 0) is 0 Å². The third-order valence-electron chi connectivity index (χ3n) is 2.21. The van der Waals surface area contributed by atoms with Crippen molar-refractivity contribution in [1.29, 1.82) is 0 Å². The highest BCUT2D eigenvalue weighted by atomic mass is 16.5. The first kappa shape index (κ1) is 8.81. The molecule has 0 saturated carbocycles. The highest BCUT2D eigenvalue weighted by molar-refractivity contribution is 5.84. The molecule has 0 spiro atoms. The number of rotatable bonds is 1. The Labute approximate surface area is 82.5 Å². The van der Waals surface area contributed by atoms with Crippen LogP contribution in [0.4, 0.5) is 5.82 Å². The number of hydrogen-bond acceptors (Lipinski definition) is 3. The van der Waals surface area contributed by atoms with Crippen molar-refractivity contribution in [3.05, 3.63) is 29.8 Å². The van der Waals surface area contributed by atoms with Crippen LogP contribution in [0.3, 0.4) is 0 Å². The van der Waals surface area contributed by atoms with Crippen LogP contribution in [0.25, 0.3) is 10.9 Å². The average Bonchev–Trinajstić information content (AvgIpc) is 2.19. The van der Waals surface area contributed by atoms with Crippen molar-refractivity contribution >= 4 is 16.7 Å². The van der Waals surface area contributed by atoms with E-state index in [-0.39, 0.29) is 0 Å². The van der Waals surface area contributed by atoms with Gasteiger partial charge in [-0.25, -0.2) is 4.98 Å². The number of benzene rings is 1. The van der Waals surface area contributed by atoms with E-state index >= 15 is 0 Å². The summed E-state index contributed by atoms with van der Waals surface area (Å²) in [4.78, 5) is 4.27. The molecule has 0 bridgehead atoms. The fourth-order valence-corrected chi connectivity index (χ4v) is 1.51. The van der Waals surface area contributed by atoms with Gasteiger partial charge in [0, 0.05) is 5.39 Å². The predicted molar refractivity (Wildman–Crippen MR) is 57.4 cm³/mol. The Balaban J connectivity index is 2.76. The molecule has 2 N–H and O–H groups in total. The first-order chi connectivity index (χ1) is 6.70. The van der Waals surface area contributed by atoms with Crippen molar-refractivity contribution in [3.8, 4) is 5.75 Å². The molecule has 1 aromatic carbocycles. The molecule has 0 aliphatic rings. The number of hydrogen-bond donors (Lipinski definition) is 1. The molecular formula is C11H12N2O. The topological polar surface area (TPSA) is 48.1 Å². The Morgan fingerprint density at radius 3 is 2.79 bits per heavy atom. The fraction of sp³-hybridized carbons (Fsp3) is 0.182. The van der Waals surface area contributed by atoms with Crippen LogP contribution in [0, 0.1) is 6.92 Å². The normalized spacial score (nSPS) is 10.4. The van der Waals surface area contributed by atoms with Crippen LogP contribution in [0.2, 0.25) is 0 Å². The highest BCUT2D eigenvalue weighted by Gasteiger charge is 2.02. The molecule has 0 radical (unpaired) electrons. The van der Waals surface area contributed by atoms with Crippen LogP contribution in [-0.4, -0.2) is 12.1 Å². The number of methoxy groups -OCH3 is 1. The molecule has 2 aromatic rings. The molecule has 0 atom stereocenters. The summed E-state index contributed by atoms with van der Waals surface area (Å²) < 4.78 is 5.17. The highest BCUT2D eigenvalue weighted by Crippen LogP contribution is 2.23. The zero-order valence-corrected chi connectivity index (χ0v) is 8.24. The third kappa shape index (κ3) is 1.37. The van der Waals surface area contributed by atoms with E-state index in [0.29, 0.717) is 5.82 Å². The van der Waals surface area contributed by atoms with Gasteiger partial charge < -0.3 is 10.5 Å². The van der Waals surface area contributed by atoms with Gasteiger partial charge in [-0.05, 0) is 36.8 Å². The summed E-state index contributed by atoms with van der Waals surface area (Å²) >= 11 is 0. The van der Waals surface area contributed by atoms with Gasteiger partial charge in [0.05, 0.1) is 12.6 Å². The molecule has 1 heterocycles. The summed E-state index contributed by atoms with van der Waals surface area (Å²) in [6, 6.07) is 7.65. The maximum atomic E-state index is 5.62. The molecule has 0 saturated heterocycles. The minimum Gasteiger partial charge on any atom is -0.497 e. The number of nitrogens with zero attached hydrogens (tertiary/aromatic N) is 1. The van der Waals surface area contributed by atoms with Crippen molar-refractivity contribution in [2.45, 2.75) is 6.92 Å². The summed E-state index contributed by atoms with van der Waals surface area (Å²) in [5.41, 5.74) is 7.63. The number of anilines is 1. The molecule has 2 rings (SSSR count). The second-order valence-corrected chi connectivity index (χ2v) is 3.25. The Kier molecular flexibility index (Phi) is 2.00. The van der Waals surface area contributed by atoms with E-state index in [1.165, 1.54) is 0 Å². The minimum atomic E-state index is 0.547. The first-order valence-electron chi connectivity index (χ1n) is 4.41. The second kappa shape index (κ2) is 3.18. The van der Waals surface area contributed by atoms with Gasteiger partial charge in [0.1, 0.15) is 11.6 Å². The van der Waals surface area contributed by atoms with Crippen molar-refractivity contribution in [1.82, 2.24) is 4.98 Å². The summed E-state index contributed by atoms with van der Waals surface area (Å²) in [5, 5.41) is 1.05. The number of pyridine rings is 1. The maximum absolute atomic E-state index is 5.62. The number of ether oxygens (including phenoxy) is 1. The van der Waals surface area contributed by atoms with Crippen molar-refractivity contribution < 1.29 is 4.74 Å². The lowest BCUT2D eigenvalue weighted by Crippen LogP contribution is -1.92. The molecule has 0 unspecified atom stereocenters. The van der Waals surface area contributed by atoms with E-state index in [1.54, 1.807) is 13.2 Å². The molecule has 3 heteroatoms. The van der Waals surface area contributed by atoms with Gasteiger partial charge in [-0.1, -0.05) is 0 Å². The molecule has 72 valence electrons. The standard InChI is InChI=1S/C11H12N2O/c1-7-5-9(14-2)6-8-3-4-10(12)13-11(7)8/h3-6H,1-2H3,(H2,12,13). The van der Waals surface area contributed by atoms with E-state index < -0.39 is 0 Å². The lowest BCUT2D eigenvalue weighted by molar-refractivity contribution is 0.415. The molecule has 0 fully saturated rings. The zero-order valence-electron chi connectivity index (χ0n) is 8.24. The quantitative estimate of drug-likeness (QED) is 0.745. The van der Waals surface area contributed by atoms with Gasteiger partial charge in [0.25, 0.3) is 0 Å². The third-order valence-corrected chi connectivity index (χ3v) is 2.21. The summed E-state index contributed by atoms with van der Waals surface area (Å²) in [6.45, 7) is 2.00. The van der Waals surface area contributed by atoms with Crippen LogP contribution in [0.5, 0.6) is 5.75 Å². The molecule has 0 amide bonds. The minimum absolute atomic E-state index is 0.547. The van der Waals surface area contributed by atoms with E-state index in [4.69, 9.17) is 10.5 Å². The fourth-order valence-electron chi connectivity index (χ4n) is 1.51.